The van der Waals surface area contributed by atoms with Gasteiger partial charge in [0.2, 0.25) is 0 Å². The van der Waals surface area contributed by atoms with Gasteiger partial charge in [-0.2, -0.15) is 5.10 Å². The van der Waals surface area contributed by atoms with E-state index in [9.17, 15) is 4.79 Å². The Morgan fingerprint density at radius 1 is 1.28 bits per heavy atom. The van der Waals surface area contributed by atoms with E-state index < -0.39 is 0 Å². The molecule has 0 aliphatic carbocycles. The van der Waals surface area contributed by atoms with Crippen molar-refractivity contribution >= 4 is 32.4 Å². The van der Waals surface area contributed by atoms with Crippen LogP contribution in [0.2, 0.25) is 0 Å². The first-order valence-electron chi connectivity index (χ1n) is 5.39. The van der Waals surface area contributed by atoms with Crippen molar-refractivity contribution in [1.29, 1.82) is 0 Å². The van der Waals surface area contributed by atoms with Gasteiger partial charge in [-0.15, -0.1) is 0 Å². The molecule has 90 valence electrons. The van der Waals surface area contributed by atoms with Crippen LogP contribution in [0.3, 0.4) is 0 Å². The summed E-state index contributed by atoms with van der Waals surface area (Å²) >= 11 is 1.42. The number of hydrogen-bond acceptors (Lipinski definition) is 5. The molecule has 0 spiro atoms. The van der Waals surface area contributed by atoms with Crippen molar-refractivity contribution in [2.24, 2.45) is 7.05 Å². The van der Waals surface area contributed by atoms with Crippen LogP contribution >= 0.6 is 11.3 Å². The number of thiazole rings is 1. The number of aryl methyl sites for hydroxylation is 1. The van der Waals surface area contributed by atoms with Gasteiger partial charge in [0.05, 0.1) is 10.9 Å². The van der Waals surface area contributed by atoms with E-state index in [0.717, 1.165) is 10.4 Å². The molecule has 0 aliphatic rings. The number of fused-ring (bicyclic) bond motifs is 1. The van der Waals surface area contributed by atoms with Gasteiger partial charge < -0.3 is 5.32 Å². The molecule has 3 aromatic rings. The van der Waals surface area contributed by atoms with Crippen molar-refractivity contribution in [3.8, 4) is 0 Å². The highest BCUT2D eigenvalue weighted by Crippen LogP contribution is 2.25. The molecule has 0 unspecified atom stereocenters. The van der Waals surface area contributed by atoms with Crippen molar-refractivity contribution in [3.63, 3.8) is 0 Å². The summed E-state index contributed by atoms with van der Waals surface area (Å²) in [5.74, 6) is 0. The molecule has 0 aliphatic heterocycles. The lowest BCUT2D eigenvalue weighted by Gasteiger charge is -1.99. The van der Waals surface area contributed by atoms with E-state index in [-0.39, 0.29) is 5.56 Å². The Kier molecular flexibility index (Phi) is 2.56. The van der Waals surface area contributed by atoms with E-state index >= 15 is 0 Å². The maximum atomic E-state index is 11.8. The van der Waals surface area contributed by atoms with Gasteiger partial charge in [0.15, 0.2) is 10.6 Å². The highest BCUT2D eigenvalue weighted by atomic mass is 32.1. The average Bonchev–Trinajstić information content (AvgIpc) is 2.79. The van der Waals surface area contributed by atoms with Crippen LogP contribution in [-0.4, -0.2) is 14.8 Å². The molecule has 3 rings (SSSR count). The molecule has 0 fully saturated rings. The van der Waals surface area contributed by atoms with Gasteiger partial charge in [-0.3, -0.25) is 4.79 Å². The fourth-order valence-electron chi connectivity index (χ4n) is 1.62. The second-order valence-corrected chi connectivity index (χ2v) is 4.83. The van der Waals surface area contributed by atoms with Gasteiger partial charge in [0.25, 0.3) is 5.56 Å². The third-order valence-electron chi connectivity index (χ3n) is 2.52. The van der Waals surface area contributed by atoms with E-state index in [1.165, 1.54) is 16.0 Å². The van der Waals surface area contributed by atoms with Gasteiger partial charge in [0, 0.05) is 12.7 Å². The highest BCUT2D eigenvalue weighted by molar-refractivity contribution is 7.22. The normalized spacial score (nSPS) is 10.7. The fraction of sp³-hybridized carbons (Fsp3) is 0.0833. The van der Waals surface area contributed by atoms with Crippen LogP contribution in [0.1, 0.15) is 0 Å². The van der Waals surface area contributed by atoms with E-state index in [0.29, 0.717) is 10.6 Å². The Bertz CT molecular complexity index is 748. The van der Waals surface area contributed by atoms with E-state index in [1.807, 2.05) is 30.3 Å². The van der Waals surface area contributed by atoms with Crippen molar-refractivity contribution in [3.05, 3.63) is 46.9 Å². The summed E-state index contributed by atoms with van der Waals surface area (Å²) in [6, 6.07) is 9.72. The minimum Gasteiger partial charge on any atom is -0.332 e. The first-order chi connectivity index (χ1) is 8.74. The molecule has 0 amide bonds. The maximum absolute atomic E-state index is 11.8. The second-order valence-electron chi connectivity index (χ2n) is 3.80. The third kappa shape index (κ3) is 1.86. The van der Waals surface area contributed by atoms with Crippen molar-refractivity contribution in [1.82, 2.24) is 14.8 Å². The summed E-state index contributed by atoms with van der Waals surface area (Å²) in [4.78, 5) is 16.1. The molecule has 0 bridgehead atoms. The van der Waals surface area contributed by atoms with Gasteiger partial charge in [-0.05, 0) is 12.1 Å². The Hall–Kier alpha value is -2.21. The summed E-state index contributed by atoms with van der Waals surface area (Å²) < 4.78 is 2.07. The maximum Gasteiger partial charge on any atom is 0.293 e. The Balaban J connectivity index is 2.04. The monoisotopic (exact) mass is 258 g/mol. The molecule has 1 aromatic carbocycles. The average molecular weight is 258 g/mol. The lowest BCUT2D eigenvalue weighted by atomic mass is 10.3. The lowest BCUT2D eigenvalue weighted by molar-refractivity contribution is 0.717. The molecule has 5 nitrogen and oxygen atoms in total. The number of rotatable bonds is 2. The number of benzene rings is 1. The first-order valence-corrected chi connectivity index (χ1v) is 6.20. The molecule has 0 saturated carbocycles. The number of nitrogens with zero attached hydrogens (tertiary/aromatic N) is 3. The molecular formula is C12H10N4OS. The van der Waals surface area contributed by atoms with Crippen molar-refractivity contribution < 1.29 is 0 Å². The van der Waals surface area contributed by atoms with Crippen LogP contribution in [0.4, 0.5) is 10.8 Å². The van der Waals surface area contributed by atoms with E-state index in [4.69, 9.17) is 0 Å². The second kappa shape index (κ2) is 4.23. The largest absolute Gasteiger partial charge is 0.332 e. The van der Waals surface area contributed by atoms with Crippen LogP contribution in [0, 0.1) is 0 Å². The predicted octanol–water partition coefficient (Wildman–Crippen LogP) is 2.13. The summed E-state index contributed by atoms with van der Waals surface area (Å²) in [6.45, 7) is 0. The fourth-order valence-corrected chi connectivity index (χ4v) is 2.46. The Morgan fingerprint density at radius 2 is 2.06 bits per heavy atom. The molecule has 18 heavy (non-hydrogen) atoms. The van der Waals surface area contributed by atoms with Crippen LogP contribution in [-0.2, 0) is 7.05 Å². The zero-order valence-electron chi connectivity index (χ0n) is 9.62. The standard InChI is InChI=1S/C12H10N4OS/c1-16-11(17)10-9(7-13-16)18-12(15-10)14-8-5-3-2-4-6-8/h2-7H,1H3,(H,14,15). The lowest BCUT2D eigenvalue weighted by Crippen LogP contribution is -2.18. The van der Waals surface area contributed by atoms with Gasteiger partial charge >= 0.3 is 0 Å². The third-order valence-corrected chi connectivity index (χ3v) is 3.43. The van der Waals surface area contributed by atoms with Crippen LogP contribution in [0.15, 0.2) is 41.3 Å². The summed E-state index contributed by atoms with van der Waals surface area (Å²) in [6.07, 6.45) is 1.66. The Labute approximate surface area is 107 Å². The number of aromatic nitrogens is 3. The van der Waals surface area contributed by atoms with Gasteiger partial charge in [-0.1, -0.05) is 29.5 Å². The van der Waals surface area contributed by atoms with Crippen LogP contribution in [0.25, 0.3) is 10.2 Å². The molecule has 0 radical (unpaired) electrons. The first kappa shape index (κ1) is 10.9. The topological polar surface area (TPSA) is 59.8 Å². The Morgan fingerprint density at radius 3 is 2.83 bits per heavy atom. The minimum atomic E-state index is -0.176. The summed E-state index contributed by atoms with van der Waals surface area (Å²) in [5.41, 5.74) is 1.22. The van der Waals surface area contributed by atoms with Gasteiger partial charge in [0.1, 0.15) is 0 Å². The van der Waals surface area contributed by atoms with E-state index in [1.54, 1.807) is 13.2 Å². The molecule has 1 N–H and O–H groups in total. The molecule has 2 heterocycles. The zero-order valence-corrected chi connectivity index (χ0v) is 10.4. The predicted molar refractivity (Wildman–Crippen MR) is 72.4 cm³/mol. The molecule has 2 aromatic heterocycles. The van der Waals surface area contributed by atoms with E-state index in [2.05, 4.69) is 15.4 Å². The SMILES string of the molecule is Cn1ncc2sc(Nc3ccccc3)nc2c1=O. The van der Waals surface area contributed by atoms with Crippen molar-refractivity contribution in [2.75, 3.05) is 5.32 Å². The molecule has 6 heteroatoms. The molecular weight excluding hydrogens is 248 g/mol. The number of para-hydroxylation sites is 1. The van der Waals surface area contributed by atoms with Gasteiger partial charge in [-0.25, -0.2) is 9.67 Å². The molecule has 0 atom stereocenters. The smallest absolute Gasteiger partial charge is 0.293 e. The highest BCUT2D eigenvalue weighted by Gasteiger charge is 2.08. The summed E-state index contributed by atoms with van der Waals surface area (Å²) in [5, 5.41) is 7.84. The zero-order chi connectivity index (χ0) is 12.5. The number of hydrogen-bond donors (Lipinski definition) is 1. The number of anilines is 2. The quantitative estimate of drug-likeness (QED) is 0.765. The van der Waals surface area contributed by atoms with Crippen molar-refractivity contribution in [2.45, 2.75) is 0 Å². The van der Waals surface area contributed by atoms with Crippen LogP contribution in [0.5, 0.6) is 0 Å². The van der Waals surface area contributed by atoms with Crippen LogP contribution < -0.4 is 10.9 Å². The minimum absolute atomic E-state index is 0.176. The molecule has 0 saturated heterocycles. The number of nitrogens with one attached hydrogen (secondary N) is 1. The summed E-state index contributed by atoms with van der Waals surface area (Å²) in [7, 11) is 1.62.